The third-order valence-corrected chi connectivity index (χ3v) is 3.87. The third-order valence-electron chi connectivity index (χ3n) is 3.87. The number of nitro benzene ring substituents is 1. The van der Waals surface area contributed by atoms with Gasteiger partial charge < -0.3 is 10.2 Å². The van der Waals surface area contributed by atoms with Crippen molar-refractivity contribution in [3.63, 3.8) is 0 Å². The Morgan fingerprint density at radius 2 is 1.91 bits per heavy atom. The Kier molecular flexibility index (Phi) is 4.02. The van der Waals surface area contributed by atoms with Gasteiger partial charge in [-0.05, 0) is 23.8 Å². The first-order valence-corrected chi connectivity index (χ1v) is 7.12. The number of hydrogen-bond donors (Lipinski definition) is 1. The fraction of sp³-hybridized carbons (Fsp3) is 0.250. The van der Waals surface area contributed by atoms with Crippen LogP contribution in [0.1, 0.15) is 11.6 Å². The van der Waals surface area contributed by atoms with Crippen LogP contribution in [0.3, 0.4) is 0 Å². The predicted octanol–water partition coefficient (Wildman–Crippen LogP) is 2.88. The summed E-state index contributed by atoms with van der Waals surface area (Å²) < 4.78 is 13.0. The van der Waals surface area contributed by atoms with Crippen molar-refractivity contribution in [2.45, 2.75) is 6.04 Å². The maximum absolute atomic E-state index is 13.0. The van der Waals surface area contributed by atoms with E-state index in [2.05, 4.69) is 5.32 Å². The number of nitrogens with zero attached hydrogens (tertiary/aromatic N) is 2. The summed E-state index contributed by atoms with van der Waals surface area (Å²) in [4.78, 5) is 12.8. The van der Waals surface area contributed by atoms with Gasteiger partial charge in [-0.2, -0.15) is 0 Å². The lowest BCUT2D eigenvalue weighted by atomic mass is 10.0. The van der Waals surface area contributed by atoms with E-state index in [0.29, 0.717) is 25.3 Å². The third kappa shape index (κ3) is 2.92. The zero-order valence-electron chi connectivity index (χ0n) is 11.9. The lowest BCUT2D eigenvalue weighted by Crippen LogP contribution is -2.46. The Labute approximate surface area is 127 Å². The molecule has 1 aliphatic heterocycles. The van der Waals surface area contributed by atoms with E-state index in [1.165, 1.54) is 18.2 Å². The number of anilines is 1. The minimum atomic E-state index is -0.357. The van der Waals surface area contributed by atoms with Gasteiger partial charge >= 0.3 is 0 Å². The summed E-state index contributed by atoms with van der Waals surface area (Å²) in [7, 11) is 0. The number of nitro groups is 1. The Morgan fingerprint density at radius 1 is 1.18 bits per heavy atom. The molecule has 0 aliphatic carbocycles. The van der Waals surface area contributed by atoms with Gasteiger partial charge in [0.2, 0.25) is 0 Å². The van der Waals surface area contributed by atoms with Gasteiger partial charge in [-0.15, -0.1) is 0 Å². The second kappa shape index (κ2) is 6.11. The van der Waals surface area contributed by atoms with Crippen molar-refractivity contribution in [3.05, 3.63) is 70.0 Å². The maximum Gasteiger partial charge on any atom is 0.292 e. The summed E-state index contributed by atoms with van der Waals surface area (Å²) >= 11 is 0. The maximum atomic E-state index is 13.0. The molecule has 1 unspecified atom stereocenters. The molecule has 2 aromatic rings. The topological polar surface area (TPSA) is 58.4 Å². The van der Waals surface area contributed by atoms with Crippen LogP contribution in [0.15, 0.2) is 48.5 Å². The van der Waals surface area contributed by atoms with Gasteiger partial charge in [0.25, 0.3) is 5.69 Å². The Bertz CT molecular complexity index is 675. The van der Waals surface area contributed by atoms with Crippen LogP contribution in [0.5, 0.6) is 0 Å². The molecule has 5 nitrogen and oxygen atoms in total. The molecule has 0 spiro atoms. The van der Waals surface area contributed by atoms with Gasteiger partial charge in [-0.25, -0.2) is 4.39 Å². The normalized spacial score (nSPS) is 18.2. The molecule has 2 aromatic carbocycles. The van der Waals surface area contributed by atoms with E-state index in [-0.39, 0.29) is 22.5 Å². The average molecular weight is 301 g/mol. The Morgan fingerprint density at radius 3 is 2.64 bits per heavy atom. The van der Waals surface area contributed by atoms with Crippen LogP contribution >= 0.6 is 0 Å². The number of halogens is 1. The summed E-state index contributed by atoms with van der Waals surface area (Å²) in [5.41, 5.74) is 1.72. The van der Waals surface area contributed by atoms with Crippen molar-refractivity contribution in [3.8, 4) is 0 Å². The first-order valence-electron chi connectivity index (χ1n) is 7.12. The summed E-state index contributed by atoms with van der Waals surface area (Å²) in [6, 6.07) is 13.1. The molecule has 1 fully saturated rings. The largest absolute Gasteiger partial charge is 0.363 e. The van der Waals surface area contributed by atoms with Gasteiger partial charge in [0, 0.05) is 31.7 Å². The molecule has 0 bridgehead atoms. The van der Waals surface area contributed by atoms with Crippen LogP contribution in [0.4, 0.5) is 15.8 Å². The summed E-state index contributed by atoms with van der Waals surface area (Å²) in [6.45, 7) is 2.02. The lowest BCUT2D eigenvalue weighted by Gasteiger charge is -2.35. The van der Waals surface area contributed by atoms with Crippen LogP contribution in [0.2, 0.25) is 0 Å². The van der Waals surface area contributed by atoms with Crippen molar-refractivity contribution in [2.75, 3.05) is 24.5 Å². The smallest absolute Gasteiger partial charge is 0.292 e. The molecule has 3 rings (SSSR count). The average Bonchev–Trinajstić information content (AvgIpc) is 2.55. The number of hydrogen-bond acceptors (Lipinski definition) is 4. The van der Waals surface area contributed by atoms with Gasteiger partial charge in [0.1, 0.15) is 11.5 Å². The van der Waals surface area contributed by atoms with Crippen LogP contribution in [0.25, 0.3) is 0 Å². The molecular formula is C16H16FN3O2. The zero-order valence-corrected chi connectivity index (χ0v) is 11.9. The van der Waals surface area contributed by atoms with Gasteiger partial charge in [0.05, 0.1) is 4.92 Å². The first kappa shape index (κ1) is 14.5. The summed E-state index contributed by atoms with van der Waals surface area (Å²) in [5.74, 6) is -0.268. The molecule has 114 valence electrons. The molecule has 1 aliphatic rings. The van der Waals surface area contributed by atoms with Crippen LogP contribution in [-0.2, 0) is 0 Å². The quantitative estimate of drug-likeness (QED) is 0.699. The molecule has 6 heteroatoms. The SMILES string of the molecule is O=[N+]([O-])c1ccccc1N1CCNC(c2ccc(F)cc2)C1. The van der Waals surface area contributed by atoms with Gasteiger partial charge in [0.15, 0.2) is 0 Å². The molecule has 0 saturated carbocycles. The molecule has 1 saturated heterocycles. The summed E-state index contributed by atoms with van der Waals surface area (Å²) in [6.07, 6.45) is 0. The highest BCUT2D eigenvalue weighted by Gasteiger charge is 2.25. The molecule has 1 atom stereocenters. The number of piperazine rings is 1. The van der Waals surface area contributed by atoms with Crippen molar-refractivity contribution < 1.29 is 9.31 Å². The fourth-order valence-corrected chi connectivity index (χ4v) is 2.77. The predicted molar refractivity (Wildman–Crippen MR) is 82.5 cm³/mol. The van der Waals surface area contributed by atoms with Gasteiger partial charge in [-0.1, -0.05) is 24.3 Å². The minimum Gasteiger partial charge on any atom is -0.363 e. The first-order chi connectivity index (χ1) is 10.6. The molecule has 1 heterocycles. The van der Waals surface area contributed by atoms with Crippen LogP contribution in [0, 0.1) is 15.9 Å². The van der Waals surface area contributed by atoms with E-state index in [4.69, 9.17) is 0 Å². The molecule has 22 heavy (non-hydrogen) atoms. The van der Waals surface area contributed by atoms with Crippen molar-refractivity contribution >= 4 is 11.4 Å². The molecule has 1 N–H and O–H groups in total. The van der Waals surface area contributed by atoms with Crippen molar-refractivity contribution in [1.29, 1.82) is 0 Å². The standard InChI is InChI=1S/C16H16FN3O2/c17-13-7-5-12(6-8-13)14-11-19(10-9-18-14)15-3-1-2-4-16(15)20(21)22/h1-8,14,18H,9-11H2. The number of para-hydroxylation sites is 2. The molecule has 0 amide bonds. The van der Waals surface area contributed by atoms with E-state index in [9.17, 15) is 14.5 Å². The zero-order chi connectivity index (χ0) is 15.5. The fourth-order valence-electron chi connectivity index (χ4n) is 2.77. The van der Waals surface area contributed by atoms with E-state index in [0.717, 1.165) is 5.56 Å². The van der Waals surface area contributed by atoms with Crippen LogP contribution in [-0.4, -0.2) is 24.6 Å². The number of benzene rings is 2. The highest BCUT2D eigenvalue weighted by atomic mass is 19.1. The monoisotopic (exact) mass is 301 g/mol. The van der Waals surface area contributed by atoms with Crippen molar-refractivity contribution in [2.24, 2.45) is 0 Å². The minimum absolute atomic E-state index is 0.0224. The van der Waals surface area contributed by atoms with E-state index in [1.807, 2.05) is 4.90 Å². The highest BCUT2D eigenvalue weighted by molar-refractivity contribution is 5.63. The second-order valence-corrected chi connectivity index (χ2v) is 5.25. The molecule has 0 aromatic heterocycles. The second-order valence-electron chi connectivity index (χ2n) is 5.25. The van der Waals surface area contributed by atoms with Crippen molar-refractivity contribution in [1.82, 2.24) is 5.32 Å². The Hall–Kier alpha value is -2.47. The highest BCUT2D eigenvalue weighted by Crippen LogP contribution is 2.30. The molecular weight excluding hydrogens is 285 g/mol. The van der Waals surface area contributed by atoms with E-state index < -0.39 is 0 Å². The number of rotatable bonds is 3. The van der Waals surface area contributed by atoms with Gasteiger partial charge in [-0.3, -0.25) is 10.1 Å². The van der Waals surface area contributed by atoms with E-state index in [1.54, 1.807) is 30.3 Å². The molecule has 0 radical (unpaired) electrons. The summed E-state index contributed by atoms with van der Waals surface area (Å²) in [5, 5.41) is 14.5. The van der Waals surface area contributed by atoms with E-state index >= 15 is 0 Å². The number of nitrogens with one attached hydrogen (secondary N) is 1. The lowest BCUT2D eigenvalue weighted by molar-refractivity contribution is -0.384. The van der Waals surface area contributed by atoms with Crippen LogP contribution < -0.4 is 10.2 Å². The Balaban J connectivity index is 1.84.